The van der Waals surface area contributed by atoms with Crippen molar-refractivity contribution in [3.8, 4) is 0 Å². The fourth-order valence-corrected chi connectivity index (χ4v) is 5.31. The summed E-state index contributed by atoms with van der Waals surface area (Å²) in [5.74, 6) is -0.0745. The van der Waals surface area contributed by atoms with Gasteiger partial charge in [0.15, 0.2) is 5.16 Å². The highest BCUT2D eigenvalue weighted by Crippen LogP contribution is 2.31. The molecule has 0 saturated carbocycles. The number of amides is 1. The lowest BCUT2D eigenvalue weighted by molar-refractivity contribution is -0.120. The lowest BCUT2D eigenvalue weighted by Crippen LogP contribution is -2.34. The van der Waals surface area contributed by atoms with Gasteiger partial charge >= 0.3 is 0 Å². The quantitative estimate of drug-likeness (QED) is 0.442. The topological polar surface area (TPSA) is 64.0 Å². The van der Waals surface area contributed by atoms with Crippen LogP contribution in [0.4, 0.5) is 0 Å². The van der Waals surface area contributed by atoms with E-state index < -0.39 is 0 Å². The number of thioether (sulfide) groups is 1. The minimum atomic E-state index is -0.377. The maximum atomic E-state index is 13.2. The molecular formula is C22H27N3O2S2. The first-order chi connectivity index (χ1) is 13.7. The van der Waals surface area contributed by atoms with Crippen LogP contribution in [0.2, 0.25) is 0 Å². The Morgan fingerprint density at radius 1 is 1.14 bits per heavy atom. The normalized spacial score (nSPS) is 13.6. The first-order valence-corrected chi connectivity index (χ1v) is 11.4. The van der Waals surface area contributed by atoms with Crippen molar-refractivity contribution in [1.29, 1.82) is 0 Å². The van der Waals surface area contributed by atoms with Crippen molar-refractivity contribution >= 4 is 39.2 Å². The molecule has 1 N–H and O–H groups in total. The van der Waals surface area contributed by atoms with Crippen molar-refractivity contribution in [2.45, 2.75) is 64.0 Å². The SMILES string of the molecule is Cc1sc2nc(S[C@H](C)C(=O)N[C@H](C)c3ccccc3)n(C(C)C)c(=O)c2c1C. The van der Waals surface area contributed by atoms with Gasteiger partial charge in [-0.05, 0) is 52.7 Å². The smallest absolute Gasteiger partial charge is 0.263 e. The van der Waals surface area contributed by atoms with Crippen molar-refractivity contribution in [2.24, 2.45) is 0 Å². The number of carbonyl (C=O) groups excluding carboxylic acids is 1. The standard InChI is InChI=1S/C22H27N3O2S2/c1-12(2)25-21(27)18-13(3)15(5)28-20(18)24-22(25)29-16(6)19(26)23-14(4)17-10-8-7-9-11-17/h7-12,14,16H,1-6H3,(H,23,26)/t14-,16-/m1/s1. The maximum Gasteiger partial charge on any atom is 0.263 e. The first-order valence-electron chi connectivity index (χ1n) is 9.75. The second kappa shape index (κ2) is 8.71. The molecule has 2 heterocycles. The molecular weight excluding hydrogens is 402 g/mol. The predicted molar refractivity (Wildman–Crippen MR) is 122 cm³/mol. The second-order valence-electron chi connectivity index (χ2n) is 7.53. The third-order valence-corrected chi connectivity index (χ3v) is 7.20. The molecule has 1 aromatic carbocycles. The summed E-state index contributed by atoms with van der Waals surface area (Å²) in [7, 11) is 0. The number of nitrogens with one attached hydrogen (secondary N) is 1. The van der Waals surface area contributed by atoms with E-state index >= 15 is 0 Å². The Hall–Kier alpha value is -2.12. The Bertz CT molecular complexity index is 1090. The fraction of sp³-hybridized carbons (Fsp3) is 0.409. The maximum absolute atomic E-state index is 13.2. The molecule has 0 bridgehead atoms. The van der Waals surface area contributed by atoms with Gasteiger partial charge in [0.25, 0.3) is 5.56 Å². The van der Waals surface area contributed by atoms with Crippen molar-refractivity contribution < 1.29 is 4.79 Å². The van der Waals surface area contributed by atoms with Gasteiger partial charge in [0, 0.05) is 10.9 Å². The molecule has 2 atom stereocenters. The highest BCUT2D eigenvalue weighted by Gasteiger charge is 2.23. The molecule has 0 radical (unpaired) electrons. The zero-order valence-corrected chi connectivity index (χ0v) is 19.3. The van der Waals surface area contributed by atoms with Gasteiger partial charge in [-0.1, -0.05) is 42.1 Å². The van der Waals surface area contributed by atoms with Crippen LogP contribution in [0.15, 0.2) is 40.3 Å². The molecule has 0 unspecified atom stereocenters. The van der Waals surface area contributed by atoms with Crippen LogP contribution in [0.3, 0.4) is 0 Å². The van der Waals surface area contributed by atoms with Crippen molar-refractivity contribution in [3.05, 3.63) is 56.7 Å². The Morgan fingerprint density at radius 2 is 1.79 bits per heavy atom. The molecule has 1 amide bonds. The lowest BCUT2D eigenvalue weighted by atomic mass is 10.1. The average molecular weight is 430 g/mol. The fourth-order valence-electron chi connectivity index (χ4n) is 3.19. The van der Waals surface area contributed by atoms with Crippen LogP contribution in [-0.4, -0.2) is 20.7 Å². The first kappa shape index (κ1) is 21.6. The average Bonchev–Trinajstić information content (AvgIpc) is 2.96. The number of thiophene rings is 1. The number of hydrogen-bond donors (Lipinski definition) is 1. The van der Waals surface area contributed by atoms with Gasteiger partial charge in [0.1, 0.15) is 4.83 Å². The van der Waals surface area contributed by atoms with E-state index in [0.29, 0.717) is 10.5 Å². The van der Waals surface area contributed by atoms with Gasteiger partial charge in [0.05, 0.1) is 16.7 Å². The van der Waals surface area contributed by atoms with E-state index in [1.54, 1.807) is 4.57 Å². The lowest BCUT2D eigenvalue weighted by Gasteiger charge is -2.20. The zero-order chi connectivity index (χ0) is 21.3. The molecule has 5 nitrogen and oxygen atoms in total. The van der Waals surface area contributed by atoms with Gasteiger partial charge in [-0.15, -0.1) is 11.3 Å². The molecule has 29 heavy (non-hydrogen) atoms. The number of aromatic nitrogens is 2. The van der Waals surface area contributed by atoms with Crippen molar-refractivity contribution in [1.82, 2.24) is 14.9 Å². The Morgan fingerprint density at radius 3 is 2.41 bits per heavy atom. The summed E-state index contributed by atoms with van der Waals surface area (Å²) in [5.41, 5.74) is 2.02. The number of fused-ring (bicyclic) bond motifs is 1. The van der Waals surface area contributed by atoms with Crippen LogP contribution in [0.5, 0.6) is 0 Å². The van der Waals surface area contributed by atoms with Gasteiger partial charge in [-0.2, -0.15) is 0 Å². The van der Waals surface area contributed by atoms with E-state index in [-0.39, 0.29) is 28.8 Å². The minimum absolute atomic E-state index is 0.0281. The monoisotopic (exact) mass is 429 g/mol. The molecule has 0 aliphatic carbocycles. The third-order valence-electron chi connectivity index (χ3n) is 5.03. The van der Waals surface area contributed by atoms with E-state index in [0.717, 1.165) is 20.8 Å². The van der Waals surface area contributed by atoms with Crippen LogP contribution in [-0.2, 0) is 4.79 Å². The van der Waals surface area contributed by atoms with Gasteiger partial charge in [-0.25, -0.2) is 4.98 Å². The molecule has 7 heteroatoms. The van der Waals surface area contributed by atoms with Crippen LogP contribution >= 0.6 is 23.1 Å². The van der Waals surface area contributed by atoms with Gasteiger partial charge < -0.3 is 5.32 Å². The molecule has 0 fully saturated rings. The van der Waals surface area contributed by atoms with E-state index in [1.165, 1.54) is 23.1 Å². The summed E-state index contributed by atoms with van der Waals surface area (Å²) < 4.78 is 1.70. The zero-order valence-electron chi connectivity index (χ0n) is 17.6. The highest BCUT2D eigenvalue weighted by molar-refractivity contribution is 8.00. The number of nitrogens with zero attached hydrogens (tertiary/aromatic N) is 2. The number of benzene rings is 1. The molecule has 3 rings (SSSR count). The summed E-state index contributed by atoms with van der Waals surface area (Å²) in [6.45, 7) is 11.7. The molecule has 3 aromatic rings. The van der Waals surface area contributed by atoms with Crippen LogP contribution < -0.4 is 10.9 Å². The molecule has 0 spiro atoms. The molecule has 0 saturated heterocycles. The summed E-state index contributed by atoms with van der Waals surface area (Å²) in [6, 6.07) is 9.74. The summed E-state index contributed by atoms with van der Waals surface area (Å²) >= 11 is 2.87. The van der Waals surface area contributed by atoms with Crippen LogP contribution in [0, 0.1) is 13.8 Å². The van der Waals surface area contributed by atoms with E-state index in [2.05, 4.69) is 5.32 Å². The second-order valence-corrected chi connectivity index (χ2v) is 10.0. The highest BCUT2D eigenvalue weighted by atomic mass is 32.2. The molecule has 0 aliphatic heterocycles. The summed E-state index contributed by atoms with van der Waals surface area (Å²) in [6.07, 6.45) is 0. The summed E-state index contributed by atoms with van der Waals surface area (Å²) in [4.78, 5) is 32.5. The number of rotatable bonds is 6. The summed E-state index contributed by atoms with van der Waals surface area (Å²) in [5, 5.41) is 3.97. The minimum Gasteiger partial charge on any atom is -0.349 e. The Kier molecular flexibility index (Phi) is 6.49. The van der Waals surface area contributed by atoms with Gasteiger partial charge in [0.2, 0.25) is 5.91 Å². The molecule has 0 aliphatic rings. The largest absolute Gasteiger partial charge is 0.349 e. The molecule has 2 aromatic heterocycles. The number of hydrogen-bond acceptors (Lipinski definition) is 5. The predicted octanol–water partition coefficient (Wildman–Crippen LogP) is 5.01. The van der Waals surface area contributed by atoms with E-state index in [4.69, 9.17) is 4.98 Å². The number of aryl methyl sites for hydroxylation is 2. The van der Waals surface area contributed by atoms with Crippen molar-refractivity contribution in [3.63, 3.8) is 0 Å². The number of carbonyl (C=O) groups is 1. The van der Waals surface area contributed by atoms with E-state index in [1.807, 2.05) is 71.9 Å². The van der Waals surface area contributed by atoms with Gasteiger partial charge in [-0.3, -0.25) is 14.2 Å². The Balaban J connectivity index is 1.87. The van der Waals surface area contributed by atoms with Crippen LogP contribution in [0.25, 0.3) is 10.2 Å². The van der Waals surface area contributed by atoms with E-state index in [9.17, 15) is 9.59 Å². The molecule has 154 valence electrons. The van der Waals surface area contributed by atoms with Crippen LogP contribution in [0.1, 0.15) is 55.8 Å². The van der Waals surface area contributed by atoms with Crippen molar-refractivity contribution in [2.75, 3.05) is 0 Å². The third kappa shape index (κ3) is 4.41. The Labute approximate surface area is 179 Å².